The molecule has 1 amide bonds. The van der Waals surface area contributed by atoms with E-state index < -0.39 is 6.09 Å². The Bertz CT molecular complexity index is 776. The average Bonchev–Trinajstić information content (AvgIpc) is 3.01. The zero-order chi connectivity index (χ0) is 18.6. The minimum atomic E-state index is -0.417. The molecular formula is C22H28N2O2S. The molecule has 2 unspecified atom stereocenters. The fourth-order valence-electron chi connectivity index (χ4n) is 4.56. The molecule has 2 fully saturated rings. The van der Waals surface area contributed by atoms with E-state index in [4.69, 9.17) is 4.84 Å². The van der Waals surface area contributed by atoms with Crippen LogP contribution in [0.4, 0.5) is 4.79 Å². The van der Waals surface area contributed by atoms with Crippen molar-refractivity contribution in [2.45, 2.75) is 70.8 Å². The quantitative estimate of drug-likeness (QED) is 0.530. The van der Waals surface area contributed by atoms with Crippen LogP contribution in [0.1, 0.15) is 63.2 Å². The zero-order valence-electron chi connectivity index (χ0n) is 16.0. The molecule has 1 aromatic rings. The number of rotatable bonds is 4. The number of hydrogen-bond acceptors (Lipinski definition) is 4. The van der Waals surface area contributed by atoms with Crippen LogP contribution in [-0.2, 0) is 11.3 Å². The number of amides is 1. The monoisotopic (exact) mass is 384 g/mol. The minimum absolute atomic E-state index is 0.0761. The number of hydrogen-bond donors (Lipinski definition) is 1. The molecule has 0 saturated heterocycles. The maximum atomic E-state index is 12.4. The molecule has 1 heterocycles. The number of carbonyl (C=O) groups is 1. The van der Waals surface area contributed by atoms with E-state index in [-0.39, 0.29) is 6.04 Å². The van der Waals surface area contributed by atoms with Crippen LogP contribution in [0, 0.1) is 5.92 Å². The van der Waals surface area contributed by atoms with Gasteiger partial charge in [0.25, 0.3) is 0 Å². The van der Waals surface area contributed by atoms with Gasteiger partial charge in [0.15, 0.2) is 0 Å². The van der Waals surface area contributed by atoms with Gasteiger partial charge in [0.05, 0.1) is 11.8 Å². The Morgan fingerprint density at radius 2 is 2.22 bits per heavy atom. The molecule has 4 aliphatic carbocycles. The summed E-state index contributed by atoms with van der Waals surface area (Å²) in [6, 6.07) is 4.35. The molecule has 2 bridgehead atoms. The maximum Gasteiger partial charge on any atom is 0.433 e. The number of nitrogens with one attached hydrogen (secondary N) is 1. The number of oxime groups is 1. The molecule has 0 aliphatic heterocycles. The fraction of sp³-hybridized carbons (Fsp3) is 0.545. The lowest BCUT2D eigenvalue weighted by Gasteiger charge is -2.25. The summed E-state index contributed by atoms with van der Waals surface area (Å²) in [6.45, 7) is 2.18. The number of fused-ring (bicyclic) bond motifs is 4. The molecule has 0 aromatic carbocycles. The van der Waals surface area contributed by atoms with E-state index in [0.717, 1.165) is 50.7 Å². The van der Waals surface area contributed by atoms with Crippen molar-refractivity contribution in [3.05, 3.63) is 45.2 Å². The Kier molecular flexibility index (Phi) is 5.77. The molecule has 2 saturated carbocycles. The number of thiophene rings is 1. The van der Waals surface area contributed by atoms with Crippen LogP contribution in [0.25, 0.3) is 0 Å². The lowest BCUT2D eigenvalue weighted by Crippen LogP contribution is -2.37. The van der Waals surface area contributed by atoms with Gasteiger partial charge in [-0.15, -0.1) is 11.3 Å². The van der Waals surface area contributed by atoms with Gasteiger partial charge in [0, 0.05) is 10.8 Å². The summed E-state index contributed by atoms with van der Waals surface area (Å²) >= 11 is 1.79. The van der Waals surface area contributed by atoms with Crippen LogP contribution in [-0.4, -0.2) is 17.8 Å². The lowest BCUT2D eigenvalue weighted by atomic mass is 9.85. The molecule has 2 atom stereocenters. The van der Waals surface area contributed by atoms with Crippen LogP contribution in [0.3, 0.4) is 0 Å². The molecule has 1 aromatic heterocycles. The molecule has 4 aliphatic rings. The summed E-state index contributed by atoms with van der Waals surface area (Å²) in [5.74, 6) is 0.398. The second-order valence-electron chi connectivity index (χ2n) is 7.95. The first-order valence-corrected chi connectivity index (χ1v) is 11.0. The maximum absolute atomic E-state index is 12.4. The van der Waals surface area contributed by atoms with E-state index in [0.29, 0.717) is 5.92 Å². The molecule has 1 N–H and O–H groups in total. The standard InChI is InChI=1S/C22H28N2O2S/c1-15-12-17-8-4-7-16(15)14-21(17)23-22(25)26-24-20-10-3-2-6-18(20)13-19-9-5-11-27-19/h5,9,11-12,18,21H,2-4,6-8,10,13-14H2,1H3,(H,23,25)/b24-20+. The fourth-order valence-corrected chi connectivity index (χ4v) is 5.35. The highest BCUT2D eigenvalue weighted by Gasteiger charge is 2.27. The molecule has 5 rings (SSSR count). The van der Waals surface area contributed by atoms with Crippen molar-refractivity contribution >= 4 is 23.1 Å². The first-order valence-electron chi connectivity index (χ1n) is 10.1. The third kappa shape index (κ3) is 4.52. The Hall–Kier alpha value is -1.88. The summed E-state index contributed by atoms with van der Waals surface area (Å²) in [5, 5.41) is 9.45. The van der Waals surface area contributed by atoms with Crippen LogP contribution < -0.4 is 5.32 Å². The van der Waals surface area contributed by atoms with Crippen molar-refractivity contribution in [3.63, 3.8) is 0 Å². The average molecular weight is 385 g/mol. The first-order chi connectivity index (χ1) is 13.2. The largest absolute Gasteiger partial charge is 0.433 e. The van der Waals surface area contributed by atoms with E-state index in [9.17, 15) is 4.79 Å². The molecule has 5 heteroatoms. The Labute approximate surface area is 165 Å². The van der Waals surface area contributed by atoms with Gasteiger partial charge in [-0.05, 0) is 75.3 Å². The highest BCUT2D eigenvalue weighted by Crippen LogP contribution is 2.35. The van der Waals surface area contributed by atoms with Crippen LogP contribution in [0.15, 0.2) is 45.5 Å². The van der Waals surface area contributed by atoms with Crippen LogP contribution in [0.5, 0.6) is 0 Å². The number of carbonyl (C=O) groups excluding carboxylic acids is 1. The van der Waals surface area contributed by atoms with Gasteiger partial charge in [-0.3, -0.25) is 4.84 Å². The van der Waals surface area contributed by atoms with Crippen molar-refractivity contribution in [2.75, 3.05) is 0 Å². The highest BCUT2D eigenvalue weighted by molar-refractivity contribution is 7.09. The van der Waals surface area contributed by atoms with Gasteiger partial charge in [0.2, 0.25) is 0 Å². The third-order valence-corrected chi connectivity index (χ3v) is 6.97. The van der Waals surface area contributed by atoms with E-state index >= 15 is 0 Å². The van der Waals surface area contributed by atoms with Gasteiger partial charge < -0.3 is 5.32 Å². The second kappa shape index (κ2) is 8.42. The van der Waals surface area contributed by atoms with Gasteiger partial charge in [-0.25, -0.2) is 4.79 Å². The van der Waals surface area contributed by atoms with Gasteiger partial charge in [-0.1, -0.05) is 34.9 Å². The van der Waals surface area contributed by atoms with Gasteiger partial charge in [0.1, 0.15) is 0 Å². The van der Waals surface area contributed by atoms with Crippen molar-refractivity contribution in [1.82, 2.24) is 5.32 Å². The number of nitrogens with zero attached hydrogens (tertiary/aromatic N) is 1. The van der Waals surface area contributed by atoms with Crippen LogP contribution in [0.2, 0.25) is 0 Å². The van der Waals surface area contributed by atoms with Crippen molar-refractivity contribution in [3.8, 4) is 0 Å². The normalized spacial score (nSPS) is 26.7. The minimum Gasteiger partial charge on any atom is -0.313 e. The summed E-state index contributed by atoms with van der Waals surface area (Å²) in [6.07, 6.45) is 11.6. The molecular weight excluding hydrogens is 356 g/mol. The predicted octanol–water partition coefficient (Wildman–Crippen LogP) is 5.76. The van der Waals surface area contributed by atoms with E-state index in [1.807, 2.05) is 0 Å². The van der Waals surface area contributed by atoms with Crippen molar-refractivity contribution in [1.29, 1.82) is 0 Å². The first kappa shape index (κ1) is 18.5. The van der Waals surface area contributed by atoms with E-state index in [1.54, 1.807) is 11.3 Å². The summed E-state index contributed by atoms with van der Waals surface area (Å²) in [7, 11) is 0. The molecule has 144 valence electrons. The molecule has 27 heavy (non-hydrogen) atoms. The predicted molar refractivity (Wildman–Crippen MR) is 110 cm³/mol. The number of allylic oxidation sites excluding steroid dienone is 2. The SMILES string of the molecule is CC1=C2CCCC(=C1)C(NC(=O)O/N=C1\CCCCC1Cc1cccs1)C2. The zero-order valence-corrected chi connectivity index (χ0v) is 16.8. The Morgan fingerprint density at radius 3 is 3.07 bits per heavy atom. The van der Waals surface area contributed by atoms with E-state index in [2.05, 4.69) is 41.0 Å². The Balaban J connectivity index is 1.35. The van der Waals surface area contributed by atoms with Gasteiger partial charge in [-0.2, -0.15) is 0 Å². The highest BCUT2D eigenvalue weighted by atomic mass is 32.1. The van der Waals surface area contributed by atoms with E-state index in [1.165, 1.54) is 34.4 Å². The topological polar surface area (TPSA) is 50.7 Å². The molecule has 0 spiro atoms. The summed E-state index contributed by atoms with van der Waals surface area (Å²) in [5.41, 5.74) is 5.22. The molecule has 0 radical (unpaired) electrons. The van der Waals surface area contributed by atoms with Crippen molar-refractivity contribution < 1.29 is 9.63 Å². The van der Waals surface area contributed by atoms with Crippen LogP contribution >= 0.6 is 11.3 Å². The lowest BCUT2D eigenvalue weighted by molar-refractivity contribution is 0.146. The Morgan fingerprint density at radius 1 is 1.30 bits per heavy atom. The smallest absolute Gasteiger partial charge is 0.313 e. The summed E-state index contributed by atoms with van der Waals surface area (Å²) in [4.78, 5) is 19.1. The van der Waals surface area contributed by atoms with Gasteiger partial charge >= 0.3 is 6.09 Å². The summed E-state index contributed by atoms with van der Waals surface area (Å²) < 4.78 is 0. The van der Waals surface area contributed by atoms with Crippen molar-refractivity contribution in [2.24, 2.45) is 11.1 Å². The second-order valence-corrected chi connectivity index (χ2v) is 8.98. The third-order valence-electron chi connectivity index (χ3n) is 6.07. The molecule has 4 nitrogen and oxygen atoms in total.